The molecule has 3 fully saturated rings. The van der Waals surface area contributed by atoms with Gasteiger partial charge < -0.3 is 34.6 Å². The van der Waals surface area contributed by atoms with Gasteiger partial charge in [0.05, 0.1) is 30.3 Å². The van der Waals surface area contributed by atoms with Crippen LogP contribution in [0.25, 0.3) is 0 Å². The van der Waals surface area contributed by atoms with Crippen molar-refractivity contribution in [1.82, 2.24) is 0 Å². The summed E-state index contributed by atoms with van der Waals surface area (Å²) in [7, 11) is 0. The van der Waals surface area contributed by atoms with E-state index in [0.717, 1.165) is 0 Å². The maximum Gasteiger partial charge on any atom is 0.305 e. The molecule has 10 nitrogen and oxygen atoms in total. The molecule has 0 unspecified atom stereocenters. The predicted octanol–water partition coefficient (Wildman–Crippen LogP) is -0.231. The molecule has 1 spiro atoms. The molecule has 4 N–H and O–H groups in total. The van der Waals surface area contributed by atoms with Crippen LogP contribution in [0.5, 0.6) is 5.75 Å². The smallest absolute Gasteiger partial charge is 0.305 e. The highest BCUT2D eigenvalue weighted by molar-refractivity contribution is 6.27. The highest BCUT2D eigenvalue weighted by Crippen LogP contribution is 2.69. The van der Waals surface area contributed by atoms with Crippen LogP contribution < -0.4 is 0 Å². The number of hydrogen-bond donors (Lipinski definition) is 4. The predicted molar refractivity (Wildman–Crippen MR) is 95.0 cm³/mol. The minimum absolute atomic E-state index is 0.0307. The highest BCUT2D eigenvalue weighted by atomic mass is 16.8. The Morgan fingerprint density at radius 1 is 1.20 bits per heavy atom. The molecule has 3 heterocycles. The van der Waals surface area contributed by atoms with Crippen molar-refractivity contribution in [3.05, 3.63) is 29.3 Å². The Balaban J connectivity index is 1.74. The summed E-state index contributed by atoms with van der Waals surface area (Å²) in [6.07, 6.45) is -5.74. The van der Waals surface area contributed by atoms with Crippen LogP contribution in [-0.2, 0) is 19.0 Å². The number of hydrogen-bond acceptors (Lipinski definition) is 9. The summed E-state index contributed by atoms with van der Waals surface area (Å²) in [5, 5.41) is 40.9. The number of phenolic OH excluding ortho intramolecular Hbond substituents is 1. The molecule has 0 amide bonds. The molecule has 1 aromatic rings. The van der Waals surface area contributed by atoms with Gasteiger partial charge in [-0.1, -0.05) is 12.1 Å². The number of carbonyl (C=O) groups is 3. The largest absolute Gasteiger partial charge is 0.507 e. The van der Waals surface area contributed by atoms with Gasteiger partial charge in [-0.15, -0.1) is 0 Å². The van der Waals surface area contributed by atoms with Gasteiger partial charge in [-0.3, -0.25) is 14.4 Å². The zero-order valence-electron chi connectivity index (χ0n) is 15.9. The van der Waals surface area contributed by atoms with Crippen molar-refractivity contribution in [2.45, 2.75) is 67.6 Å². The average molecular weight is 420 g/mol. The number of carboxylic acids is 1. The third-order valence-electron chi connectivity index (χ3n) is 6.51. The molecule has 0 saturated carbocycles. The summed E-state index contributed by atoms with van der Waals surface area (Å²) in [5.41, 5.74) is -4.30. The summed E-state index contributed by atoms with van der Waals surface area (Å²) in [5.74, 6) is -5.41. The minimum atomic E-state index is -2.31. The van der Waals surface area contributed by atoms with Gasteiger partial charge in [0.25, 0.3) is 0 Å². The molecule has 5 rings (SSSR count). The number of aliphatic hydroxyl groups is 2. The van der Waals surface area contributed by atoms with E-state index in [1.54, 1.807) is 6.92 Å². The van der Waals surface area contributed by atoms with Crippen LogP contribution in [0.1, 0.15) is 46.9 Å². The number of aliphatic carboxylic acids is 1. The van der Waals surface area contributed by atoms with Crippen molar-refractivity contribution < 1.29 is 49.0 Å². The number of Topliss-reactive ketones (excluding diaryl/α,β-unsaturated/α-hetero) is 2. The van der Waals surface area contributed by atoms with E-state index in [1.165, 1.54) is 18.2 Å². The lowest BCUT2D eigenvalue weighted by atomic mass is 9.64. The van der Waals surface area contributed by atoms with E-state index in [-0.39, 0.29) is 24.0 Å². The molecule has 3 aliphatic heterocycles. The molecule has 160 valence electrons. The Morgan fingerprint density at radius 2 is 1.93 bits per heavy atom. The van der Waals surface area contributed by atoms with Crippen LogP contribution in [0.4, 0.5) is 0 Å². The van der Waals surface area contributed by atoms with Crippen molar-refractivity contribution in [2.75, 3.05) is 0 Å². The zero-order valence-corrected chi connectivity index (χ0v) is 15.9. The quantitative estimate of drug-likeness (QED) is 0.470. The Bertz CT molecular complexity index is 990. The number of epoxide rings is 1. The topological polar surface area (TPSA) is 163 Å². The van der Waals surface area contributed by atoms with Gasteiger partial charge in [-0.2, -0.15) is 0 Å². The van der Waals surface area contributed by atoms with E-state index in [9.17, 15) is 34.8 Å². The number of carboxylic acid groups (broad SMARTS) is 1. The van der Waals surface area contributed by atoms with Crippen molar-refractivity contribution in [3.63, 3.8) is 0 Å². The second-order valence-corrected chi connectivity index (χ2v) is 8.35. The number of rotatable bonds is 2. The van der Waals surface area contributed by atoms with Gasteiger partial charge >= 0.3 is 5.97 Å². The molecular formula is C20H20O10. The monoisotopic (exact) mass is 420 g/mol. The molecule has 0 aromatic heterocycles. The number of benzene rings is 1. The van der Waals surface area contributed by atoms with Crippen molar-refractivity contribution in [3.8, 4) is 5.75 Å². The normalized spacial score (nSPS) is 44.2. The molecule has 7 atom stereocenters. The fraction of sp³-hybridized carbons (Fsp3) is 0.550. The van der Waals surface area contributed by atoms with Gasteiger partial charge in [-0.25, -0.2) is 0 Å². The van der Waals surface area contributed by atoms with Gasteiger partial charge in [0, 0.05) is 18.4 Å². The first kappa shape index (κ1) is 19.6. The molecule has 30 heavy (non-hydrogen) atoms. The Kier molecular flexibility index (Phi) is 3.83. The highest BCUT2D eigenvalue weighted by Gasteiger charge is 2.93. The standard InChI is InChI=1S/C20H20O10/c1-8-5-12(22)16(26)20(28-8)19-17(27)14-10(3-2-4-11(14)21)15(25)18(19,30-19)7-9(29-20)6-13(23)24/h2-4,8-9,12,16,21-22,26H,5-7H2,1H3,(H,23,24)/t8-,9-,12-,16-,18+,19-,20+/m1/s1. The van der Waals surface area contributed by atoms with Gasteiger partial charge in [0.15, 0.2) is 11.4 Å². The van der Waals surface area contributed by atoms with Gasteiger partial charge in [-0.05, 0) is 13.0 Å². The first-order chi connectivity index (χ1) is 14.1. The summed E-state index contributed by atoms with van der Waals surface area (Å²) in [6, 6.07) is 4.03. The molecule has 10 heteroatoms. The van der Waals surface area contributed by atoms with Crippen LogP contribution >= 0.6 is 0 Å². The van der Waals surface area contributed by atoms with Crippen molar-refractivity contribution >= 4 is 17.5 Å². The number of ether oxygens (including phenoxy) is 3. The average Bonchev–Trinajstić information content (AvgIpc) is 3.36. The van der Waals surface area contributed by atoms with Gasteiger partial charge in [0.2, 0.25) is 17.2 Å². The molecule has 1 aromatic carbocycles. The lowest BCUT2D eigenvalue weighted by Gasteiger charge is -2.52. The summed E-state index contributed by atoms with van der Waals surface area (Å²) >= 11 is 0. The lowest BCUT2D eigenvalue weighted by Crippen LogP contribution is -2.74. The van der Waals surface area contributed by atoms with Crippen LogP contribution in [0.15, 0.2) is 18.2 Å². The first-order valence-electron chi connectivity index (χ1n) is 9.65. The molecule has 0 bridgehead atoms. The maximum absolute atomic E-state index is 13.6. The lowest BCUT2D eigenvalue weighted by molar-refractivity contribution is -0.373. The number of aromatic hydroxyl groups is 1. The molecule has 1 aliphatic carbocycles. The molecule has 0 radical (unpaired) electrons. The molecular weight excluding hydrogens is 400 g/mol. The molecule has 4 aliphatic rings. The number of fused-ring (bicyclic) bond motifs is 1. The molecule has 3 saturated heterocycles. The number of aliphatic hydroxyl groups excluding tert-OH is 2. The van der Waals surface area contributed by atoms with E-state index in [4.69, 9.17) is 14.2 Å². The first-order valence-corrected chi connectivity index (χ1v) is 9.65. The summed E-state index contributed by atoms with van der Waals surface area (Å²) in [4.78, 5) is 38.4. The Morgan fingerprint density at radius 3 is 2.63 bits per heavy atom. The van der Waals surface area contributed by atoms with Crippen LogP contribution in [0.2, 0.25) is 0 Å². The number of carbonyl (C=O) groups excluding carboxylic acids is 2. The third kappa shape index (κ3) is 2.07. The minimum Gasteiger partial charge on any atom is -0.507 e. The zero-order chi connectivity index (χ0) is 21.6. The SMILES string of the molecule is C[C@@H]1C[C@@H](O)[C@@H](O)[C@@]2(O[C@H](CC(=O)O)C[C@@]34O[C@@]23C(=O)c2c(O)cccc2C4=O)O1. The van der Waals surface area contributed by atoms with Crippen LogP contribution in [0.3, 0.4) is 0 Å². The van der Waals surface area contributed by atoms with E-state index in [0.29, 0.717) is 0 Å². The van der Waals surface area contributed by atoms with Crippen LogP contribution in [-0.4, -0.2) is 79.4 Å². The fourth-order valence-electron chi connectivity index (χ4n) is 5.35. The maximum atomic E-state index is 13.6. The van der Waals surface area contributed by atoms with Gasteiger partial charge in [0.1, 0.15) is 11.9 Å². The number of ketones is 2. The van der Waals surface area contributed by atoms with E-state index >= 15 is 0 Å². The van der Waals surface area contributed by atoms with E-state index in [2.05, 4.69) is 0 Å². The van der Waals surface area contributed by atoms with Crippen molar-refractivity contribution in [2.24, 2.45) is 0 Å². The third-order valence-corrected chi connectivity index (χ3v) is 6.51. The Hall–Kier alpha value is -2.37. The van der Waals surface area contributed by atoms with Crippen molar-refractivity contribution in [1.29, 1.82) is 0 Å². The second kappa shape index (κ2) is 5.86. The summed E-state index contributed by atoms with van der Waals surface area (Å²) in [6.45, 7) is 1.59. The second-order valence-electron chi connectivity index (χ2n) is 8.35. The number of phenols is 1. The Labute approximate surface area is 170 Å². The van der Waals surface area contributed by atoms with E-state index < -0.39 is 71.1 Å². The van der Waals surface area contributed by atoms with E-state index in [1.807, 2.05) is 0 Å². The summed E-state index contributed by atoms with van der Waals surface area (Å²) < 4.78 is 17.6. The van der Waals surface area contributed by atoms with Crippen LogP contribution in [0, 0.1) is 0 Å². The fourth-order valence-corrected chi connectivity index (χ4v) is 5.35.